The molecule has 0 spiro atoms. The number of thioether (sulfide) groups is 1. The molecule has 0 saturated carbocycles. The van der Waals surface area contributed by atoms with Crippen LogP contribution in [0.3, 0.4) is 0 Å². The molecule has 1 atom stereocenters. The van der Waals surface area contributed by atoms with E-state index < -0.39 is 6.04 Å². The molecule has 0 aromatic heterocycles. The van der Waals surface area contributed by atoms with Crippen molar-refractivity contribution in [1.29, 1.82) is 0 Å². The van der Waals surface area contributed by atoms with Crippen molar-refractivity contribution < 1.29 is 14.0 Å². The number of halogens is 1. The van der Waals surface area contributed by atoms with E-state index in [1.807, 2.05) is 0 Å². The summed E-state index contributed by atoms with van der Waals surface area (Å²) >= 11 is 1.13. The summed E-state index contributed by atoms with van der Waals surface area (Å²) in [5, 5.41) is 5.47. The quantitative estimate of drug-likeness (QED) is 0.832. The number of hydrogen-bond donors (Lipinski definition) is 2. The van der Waals surface area contributed by atoms with Crippen LogP contribution in [0.2, 0.25) is 0 Å². The van der Waals surface area contributed by atoms with E-state index in [9.17, 15) is 14.0 Å². The van der Waals surface area contributed by atoms with Crippen LogP contribution < -0.4 is 10.6 Å². The fourth-order valence-electron chi connectivity index (χ4n) is 2.02. The molecule has 1 aliphatic heterocycles. The van der Waals surface area contributed by atoms with Gasteiger partial charge in [0, 0.05) is 11.4 Å². The summed E-state index contributed by atoms with van der Waals surface area (Å²) < 4.78 is 13.4. The summed E-state index contributed by atoms with van der Waals surface area (Å²) in [6, 6.07) is 5.85. The highest BCUT2D eigenvalue weighted by Gasteiger charge is 2.22. The molecular formula is C14H17FN2O2S. The Hall–Kier alpha value is -1.56. The number of carbonyl (C=O) groups is 2. The Labute approximate surface area is 121 Å². The van der Waals surface area contributed by atoms with Gasteiger partial charge in [-0.05, 0) is 31.4 Å². The number of rotatable bonds is 4. The first-order valence-corrected chi connectivity index (χ1v) is 7.60. The first-order chi connectivity index (χ1) is 9.66. The summed E-state index contributed by atoms with van der Waals surface area (Å²) in [5.41, 5.74) is 0. The third-order valence-electron chi connectivity index (χ3n) is 3.07. The molecule has 108 valence electrons. The second-order valence-electron chi connectivity index (χ2n) is 4.63. The maximum absolute atomic E-state index is 13.4. The van der Waals surface area contributed by atoms with Gasteiger partial charge in [0.05, 0.1) is 5.75 Å². The van der Waals surface area contributed by atoms with Crippen LogP contribution in [-0.2, 0) is 9.59 Å². The van der Waals surface area contributed by atoms with Crippen molar-refractivity contribution in [3.8, 4) is 0 Å². The molecule has 4 nitrogen and oxygen atoms in total. The van der Waals surface area contributed by atoms with Gasteiger partial charge < -0.3 is 10.6 Å². The molecule has 1 saturated heterocycles. The van der Waals surface area contributed by atoms with Crippen LogP contribution in [0.25, 0.3) is 0 Å². The highest BCUT2D eigenvalue weighted by Crippen LogP contribution is 2.20. The molecule has 2 amide bonds. The van der Waals surface area contributed by atoms with Crippen molar-refractivity contribution in [2.75, 3.05) is 12.3 Å². The Morgan fingerprint density at radius 3 is 3.00 bits per heavy atom. The van der Waals surface area contributed by atoms with Crippen LogP contribution in [0.15, 0.2) is 29.2 Å². The molecule has 1 aromatic carbocycles. The normalized spacial score (nSPS) is 19.1. The predicted octanol–water partition coefficient (Wildman–Crippen LogP) is 1.70. The van der Waals surface area contributed by atoms with E-state index in [2.05, 4.69) is 10.6 Å². The second kappa shape index (κ2) is 7.28. The molecule has 0 aliphatic carbocycles. The van der Waals surface area contributed by atoms with Gasteiger partial charge >= 0.3 is 0 Å². The van der Waals surface area contributed by atoms with Gasteiger partial charge in [-0.3, -0.25) is 9.59 Å². The lowest BCUT2D eigenvalue weighted by Crippen LogP contribution is -2.46. The van der Waals surface area contributed by atoms with E-state index in [1.165, 1.54) is 6.07 Å². The minimum atomic E-state index is -0.466. The molecule has 1 heterocycles. The maximum Gasteiger partial charge on any atom is 0.242 e. The molecule has 0 unspecified atom stereocenters. The zero-order valence-corrected chi connectivity index (χ0v) is 11.8. The summed E-state index contributed by atoms with van der Waals surface area (Å²) in [6.45, 7) is 0.662. The standard InChI is InChI=1S/C14H17FN2O2S/c15-10-5-1-2-7-12(10)20-9-13(18)17-11-6-3-4-8-16-14(11)19/h1-2,5,7,11H,3-4,6,8-9H2,(H,16,19)(H,17,18)/t11-/m1/s1. The summed E-state index contributed by atoms with van der Waals surface area (Å²) in [7, 11) is 0. The van der Waals surface area contributed by atoms with Crippen LogP contribution in [0.5, 0.6) is 0 Å². The highest BCUT2D eigenvalue weighted by molar-refractivity contribution is 8.00. The number of amides is 2. The van der Waals surface area contributed by atoms with E-state index >= 15 is 0 Å². The fourth-order valence-corrected chi connectivity index (χ4v) is 2.77. The lowest BCUT2D eigenvalue weighted by Gasteiger charge is -2.15. The number of benzene rings is 1. The SMILES string of the molecule is O=C(CSc1ccccc1F)N[C@@H]1CCCCNC1=O. The van der Waals surface area contributed by atoms with E-state index in [1.54, 1.807) is 18.2 Å². The summed E-state index contributed by atoms with van der Waals surface area (Å²) in [6.07, 6.45) is 2.49. The Balaban J connectivity index is 1.83. The van der Waals surface area contributed by atoms with E-state index in [0.717, 1.165) is 24.6 Å². The Morgan fingerprint density at radius 2 is 2.20 bits per heavy atom. The first-order valence-electron chi connectivity index (χ1n) is 6.61. The number of nitrogens with one attached hydrogen (secondary N) is 2. The van der Waals surface area contributed by atoms with Crippen LogP contribution in [-0.4, -0.2) is 30.2 Å². The third kappa shape index (κ3) is 4.23. The first kappa shape index (κ1) is 14.8. The molecule has 0 radical (unpaired) electrons. The largest absolute Gasteiger partial charge is 0.354 e. The van der Waals surface area contributed by atoms with E-state index in [0.29, 0.717) is 17.9 Å². The summed E-state index contributed by atoms with van der Waals surface area (Å²) in [5.74, 6) is -0.616. The predicted molar refractivity (Wildman–Crippen MR) is 75.9 cm³/mol. The van der Waals surface area contributed by atoms with Crippen LogP contribution in [0, 0.1) is 5.82 Å². The van der Waals surface area contributed by atoms with Gasteiger partial charge in [0.1, 0.15) is 11.9 Å². The summed E-state index contributed by atoms with van der Waals surface area (Å²) in [4.78, 5) is 23.9. The Morgan fingerprint density at radius 1 is 1.40 bits per heavy atom. The second-order valence-corrected chi connectivity index (χ2v) is 5.64. The van der Waals surface area contributed by atoms with Gasteiger partial charge in [-0.2, -0.15) is 0 Å². The number of carbonyl (C=O) groups excluding carboxylic acids is 2. The third-order valence-corrected chi connectivity index (χ3v) is 4.11. The monoisotopic (exact) mass is 296 g/mol. The molecule has 2 N–H and O–H groups in total. The van der Waals surface area contributed by atoms with E-state index in [-0.39, 0.29) is 23.4 Å². The van der Waals surface area contributed by atoms with Gasteiger partial charge in [-0.1, -0.05) is 12.1 Å². The molecule has 2 rings (SSSR count). The number of hydrogen-bond acceptors (Lipinski definition) is 3. The molecule has 0 bridgehead atoms. The molecule has 1 aromatic rings. The van der Waals surface area contributed by atoms with Crippen LogP contribution in [0.4, 0.5) is 4.39 Å². The van der Waals surface area contributed by atoms with Crippen molar-refractivity contribution in [2.45, 2.75) is 30.2 Å². The van der Waals surface area contributed by atoms with Crippen molar-refractivity contribution in [1.82, 2.24) is 10.6 Å². The van der Waals surface area contributed by atoms with Crippen LogP contribution in [0.1, 0.15) is 19.3 Å². The minimum absolute atomic E-state index is 0.102. The molecular weight excluding hydrogens is 279 g/mol. The maximum atomic E-state index is 13.4. The minimum Gasteiger partial charge on any atom is -0.354 e. The lowest BCUT2D eigenvalue weighted by atomic mass is 10.1. The van der Waals surface area contributed by atoms with Crippen molar-refractivity contribution in [3.63, 3.8) is 0 Å². The Bertz CT molecular complexity index is 496. The lowest BCUT2D eigenvalue weighted by molar-refractivity contribution is -0.127. The van der Waals surface area contributed by atoms with Gasteiger partial charge in [-0.25, -0.2) is 4.39 Å². The van der Waals surface area contributed by atoms with Crippen molar-refractivity contribution in [2.24, 2.45) is 0 Å². The highest BCUT2D eigenvalue weighted by atomic mass is 32.2. The fraction of sp³-hybridized carbons (Fsp3) is 0.429. The van der Waals surface area contributed by atoms with Crippen molar-refractivity contribution in [3.05, 3.63) is 30.1 Å². The molecule has 1 aliphatic rings. The van der Waals surface area contributed by atoms with Gasteiger partial charge in [0.2, 0.25) is 11.8 Å². The van der Waals surface area contributed by atoms with E-state index in [4.69, 9.17) is 0 Å². The van der Waals surface area contributed by atoms with Gasteiger partial charge in [0.15, 0.2) is 0 Å². The van der Waals surface area contributed by atoms with Gasteiger partial charge in [-0.15, -0.1) is 11.8 Å². The smallest absolute Gasteiger partial charge is 0.242 e. The van der Waals surface area contributed by atoms with Crippen molar-refractivity contribution >= 4 is 23.6 Å². The average molecular weight is 296 g/mol. The van der Waals surface area contributed by atoms with Crippen LogP contribution >= 0.6 is 11.8 Å². The molecule has 1 fully saturated rings. The average Bonchev–Trinajstić information content (AvgIpc) is 2.63. The zero-order chi connectivity index (χ0) is 14.4. The molecule has 6 heteroatoms. The molecule has 20 heavy (non-hydrogen) atoms. The topological polar surface area (TPSA) is 58.2 Å². The van der Waals surface area contributed by atoms with Gasteiger partial charge in [0.25, 0.3) is 0 Å². The Kier molecular flexibility index (Phi) is 5.40. The zero-order valence-electron chi connectivity index (χ0n) is 11.0.